The van der Waals surface area contributed by atoms with Crippen LogP contribution in [0.15, 0.2) is 21.5 Å². The number of hydrogen-bond donors (Lipinski definition) is 1. The number of aromatic nitrogens is 1. The van der Waals surface area contributed by atoms with Crippen molar-refractivity contribution in [3.63, 3.8) is 0 Å². The molecule has 0 spiro atoms. The quantitative estimate of drug-likeness (QED) is 0.673. The molecule has 6 heteroatoms. The third kappa shape index (κ3) is 5.00. The van der Waals surface area contributed by atoms with E-state index in [1.165, 1.54) is 4.57 Å². The van der Waals surface area contributed by atoms with Crippen molar-refractivity contribution in [1.82, 2.24) is 4.57 Å². The Morgan fingerprint density at radius 2 is 2.00 bits per heavy atom. The van der Waals surface area contributed by atoms with Crippen molar-refractivity contribution >= 4 is 27.6 Å². The van der Waals surface area contributed by atoms with Crippen molar-refractivity contribution in [2.75, 3.05) is 5.32 Å². The van der Waals surface area contributed by atoms with Gasteiger partial charge in [-0.1, -0.05) is 0 Å². The third-order valence-electron chi connectivity index (χ3n) is 2.27. The molecule has 0 aliphatic carbocycles. The maximum atomic E-state index is 12.3. The van der Waals surface area contributed by atoms with Crippen molar-refractivity contribution in [1.29, 1.82) is 0 Å². The van der Waals surface area contributed by atoms with Gasteiger partial charge < -0.3 is 10.1 Å². The van der Waals surface area contributed by atoms with E-state index in [1.807, 2.05) is 13.8 Å². The Morgan fingerprint density at radius 3 is 2.50 bits per heavy atom. The van der Waals surface area contributed by atoms with Crippen LogP contribution < -0.4 is 10.9 Å². The van der Waals surface area contributed by atoms with E-state index in [9.17, 15) is 9.59 Å². The van der Waals surface area contributed by atoms with Gasteiger partial charge in [-0.3, -0.25) is 14.2 Å². The largest absolute Gasteiger partial charge is 0.459 e. The van der Waals surface area contributed by atoms with E-state index < -0.39 is 11.6 Å². The smallest absolute Gasteiger partial charge is 0.326 e. The Kier molecular flexibility index (Phi) is 5.39. The van der Waals surface area contributed by atoms with Crippen molar-refractivity contribution in [3.8, 4) is 0 Å². The molecule has 1 N–H and O–H groups in total. The Bertz CT molecular complexity index is 544. The lowest BCUT2D eigenvalue weighted by atomic mass is 10.2. The molecule has 0 atom stereocenters. The fourth-order valence-electron chi connectivity index (χ4n) is 1.63. The van der Waals surface area contributed by atoms with E-state index in [0.29, 0.717) is 10.3 Å². The minimum atomic E-state index is -0.568. The summed E-state index contributed by atoms with van der Waals surface area (Å²) >= 11 is 3.28. The van der Waals surface area contributed by atoms with Crippen molar-refractivity contribution < 1.29 is 9.53 Å². The molecule has 0 aliphatic rings. The summed E-state index contributed by atoms with van der Waals surface area (Å²) in [6.07, 6.45) is 0. The first kappa shape index (κ1) is 16.8. The van der Waals surface area contributed by atoms with Crippen LogP contribution in [0.4, 0.5) is 5.69 Å². The van der Waals surface area contributed by atoms with Crippen molar-refractivity contribution in [2.45, 2.75) is 52.8 Å². The molecule has 0 amide bonds. The Hall–Kier alpha value is -1.30. The zero-order valence-electron chi connectivity index (χ0n) is 12.5. The lowest BCUT2D eigenvalue weighted by Gasteiger charge is -2.20. The third-order valence-corrected chi connectivity index (χ3v) is 2.96. The predicted octanol–water partition coefficient (Wildman–Crippen LogP) is 2.77. The van der Waals surface area contributed by atoms with Gasteiger partial charge in [-0.25, -0.2) is 0 Å². The summed E-state index contributed by atoms with van der Waals surface area (Å²) in [6.45, 7) is 9.14. The van der Waals surface area contributed by atoms with Crippen LogP contribution in [0, 0.1) is 0 Å². The highest BCUT2D eigenvalue weighted by molar-refractivity contribution is 9.10. The van der Waals surface area contributed by atoms with Crippen molar-refractivity contribution in [3.05, 3.63) is 27.1 Å². The first-order valence-electron chi connectivity index (χ1n) is 6.48. The summed E-state index contributed by atoms with van der Waals surface area (Å²) in [4.78, 5) is 24.1. The first-order chi connectivity index (χ1) is 9.10. The number of rotatable bonds is 4. The van der Waals surface area contributed by atoms with E-state index in [2.05, 4.69) is 21.2 Å². The molecule has 1 heterocycles. The monoisotopic (exact) mass is 344 g/mol. The minimum Gasteiger partial charge on any atom is -0.459 e. The van der Waals surface area contributed by atoms with E-state index in [-0.39, 0.29) is 18.1 Å². The second-order valence-corrected chi connectivity index (χ2v) is 6.66. The molecular weight excluding hydrogens is 324 g/mol. The number of halogens is 1. The highest BCUT2D eigenvalue weighted by Gasteiger charge is 2.18. The highest BCUT2D eigenvalue weighted by Crippen LogP contribution is 2.13. The van der Waals surface area contributed by atoms with E-state index in [1.54, 1.807) is 32.9 Å². The number of nitrogens with one attached hydrogen (secondary N) is 1. The Labute approximate surface area is 127 Å². The molecule has 0 saturated heterocycles. The fraction of sp³-hybridized carbons (Fsp3) is 0.571. The molecule has 0 fully saturated rings. The molecule has 0 aromatic carbocycles. The predicted molar refractivity (Wildman–Crippen MR) is 83.0 cm³/mol. The molecule has 5 nitrogen and oxygen atoms in total. The van der Waals surface area contributed by atoms with Crippen LogP contribution in [0.25, 0.3) is 0 Å². The second kappa shape index (κ2) is 6.43. The van der Waals surface area contributed by atoms with Gasteiger partial charge in [0.15, 0.2) is 0 Å². The number of carbonyl (C=O) groups excluding carboxylic acids is 1. The number of hydrogen-bond acceptors (Lipinski definition) is 4. The lowest BCUT2D eigenvalue weighted by Crippen LogP contribution is -2.32. The number of carbonyl (C=O) groups is 1. The summed E-state index contributed by atoms with van der Waals surface area (Å²) in [7, 11) is 0. The van der Waals surface area contributed by atoms with Crippen molar-refractivity contribution in [2.24, 2.45) is 0 Å². The van der Waals surface area contributed by atoms with Crippen LogP contribution in [0.2, 0.25) is 0 Å². The number of anilines is 1. The molecule has 0 bridgehead atoms. The average molecular weight is 345 g/mol. The fourth-order valence-corrected chi connectivity index (χ4v) is 2.05. The van der Waals surface area contributed by atoms with Crippen LogP contribution in [-0.4, -0.2) is 22.2 Å². The van der Waals surface area contributed by atoms with Gasteiger partial charge in [0, 0.05) is 6.04 Å². The molecule has 1 rings (SSSR count). The van der Waals surface area contributed by atoms with Gasteiger partial charge in [0.25, 0.3) is 5.56 Å². The number of nitrogens with zero attached hydrogens (tertiary/aromatic N) is 1. The van der Waals surface area contributed by atoms with Gasteiger partial charge in [0.05, 0.1) is 4.60 Å². The molecule has 20 heavy (non-hydrogen) atoms. The standard InChI is InChI=1S/C14H21BrN2O3/c1-9(2)16-10-6-7-11(15)17(13(10)19)8-12(18)20-14(3,4)5/h6-7,9,16H,8H2,1-5H3. The lowest BCUT2D eigenvalue weighted by molar-refractivity contribution is -0.155. The summed E-state index contributed by atoms with van der Waals surface area (Å²) in [6, 6.07) is 3.56. The van der Waals surface area contributed by atoms with Gasteiger partial charge in [0.2, 0.25) is 0 Å². The van der Waals surface area contributed by atoms with E-state index in [4.69, 9.17) is 4.74 Å². The normalized spacial score (nSPS) is 11.6. The zero-order valence-corrected chi connectivity index (χ0v) is 14.1. The van der Waals surface area contributed by atoms with Gasteiger partial charge in [-0.2, -0.15) is 0 Å². The van der Waals surface area contributed by atoms with Crippen LogP contribution in [-0.2, 0) is 16.1 Å². The maximum absolute atomic E-state index is 12.3. The van der Waals surface area contributed by atoms with Gasteiger partial charge in [-0.05, 0) is 62.7 Å². The Morgan fingerprint density at radius 1 is 1.40 bits per heavy atom. The van der Waals surface area contributed by atoms with Gasteiger partial charge in [-0.15, -0.1) is 0 Å². The molecule has 0 saturated carbocycles. The molecule has 0 aliphatic heterocycles. The maximum Gasteiger partial charge on any atom is 0.326 e. The van der Waals surface area contributed by atoms with Crippen LogP contribution >= 0.6 is 15.9 Å². The number of pyridine rings is 1. The summed E-state index contributed by atoms with van der Waals surface area (Å²) in [5.74, 6) is -0.443. The SMILES string of the molecule is CC(C)Nc1ccc(Br)n(CC(=O)OC(C)(C)C)c1=O. The minimum absolute atomic E-state index is 0.121. The molecule has 0 radical (unpaired) electrons. The molecule has 112 valence electrons. The Balaban J connectivity index is 3.00. The summed E-state index contributed by atoms with van der Waals surface area (Å²) in [5.41, 5.74) is -0.355. The van der Waals surface area contributed by atoms with Gasteiger partial charge >= 0.3 is 5.97 Å². The number of esters is 1. The summed E-state index contributed by atoms with van der Waals surface area (Å²) < 4.78 is 7.12. The van der Waals surface area contributed by atoms with E-state index >= 15 is 0 Å². The van der Waals surface area contributed by atoms with Crippen LogP contribution in [0.3, 0.4) is 0 Å². The molecule has 1 aromatic rings. The second-order valence-electron chi connectivity index (χ2n) is 5.85. The first-order valence-corrected chi connectivity index (χ1v) is 7.27. The van der Waals surface area contributed by atoms with Crippen LogP contribution in [0.5, 0.6) is 0 Å². The molecule has 1 aromatic heterocycles. The van der Waals surface area contributed by atoms with E-state index in [0.717, 1.165) is 0 Å². The highest BCUT2D eigenvalue weighted by atomic mass is 79.9. The zero-order chi connectivity index (χ0) is 15.5. The molecular formula is C14H21BrN2O3. The topological polar surface area (TPSA) is 60.3 Å². The van der Waals surface area contributed by atoms with Crippen LogP contribution in [0.1, 0.15) is 34.6 Å². The van der Waals surface area contributed by atoms with Gasteiger partial charge in [0.1, 0.15) is 17.8 Å². The molecule has 0 unspecified atom stereocenters. The average Bonchev–Trinajstić information content (AvgIpc) is 2.25. The number of ether oxygens (including phenoxy) is 1. The summed E-state index contributed by atoms with van der Waals surface area (Å²) in [5, 5.41) is 3.06.